The van der Waals surface area contributed by atoms with Crippen LogP contribution in [0.25, 0.3) is 0 Å². The highest BCUT2D eigenvalue weighted by Gasteiger charge is 2.28. The van der Waals surface area contributed by atoms with Gasteiger partial charge >= 0.3 is 5.97 Å². The monoisotopic (exact) mass is 252 g/mol. The first-order chi connectivity index (χ1) is 8.27. The van der Waals surface area contributed by atoms with E-state index in [2.05, 4.69) is 0 Å². The minimum Gasteiger partial charge on any atom is -0.492 e. The van der Waals surface area contributed by atoms with Gasteiger partial charge in [-0.2, -0.15) is 0 Å². The molecule has 1 rings (SSSR count). The SMILES string of the molecule is Cc1cc(CO)cc(C)c1OCC(C)(C)C(=O)O. The van der Waals surface area contributed by atoms with Gasteiger partial charge in [0.15, 0.2) is 0 Å². The maximum Gasteiger partial charge on any atom is 0.312 e. The summed E-state index contributed by atoms with van der Waals surface area (Å²) in [6.45, 7) is 7.12. The Labute approximate surface area is 107 Å². The number of carboxylic acids is 1. The van der Waals surface area contributed by atoms with Crippen LogP contribution in [0.5, 0.6) is 5.75 Å². The van der Waals surface area contributed by atoms with Crippen LogP contribution in [-0.4, -0.2) is 22.8 Å². The Hall–Kier alpha value is -1.55. The van der Waals surface area contributed by atoms with Crippen molar-refractivity contribution < 1.29 is 19.7 Å². The zero-order valence-corrected chi connectivity index (χ0v) is 11.3. The van der Waals surface area contributed by atoms with Crippen LogP contribution in [0.4, 0.5) is 0 Å². The summed E-state index contributed by atoms with van der Waals surface area (Å²) < 4.78 is 5.63. The van der Waals surface area contributed by atoms with Gasteiger partial charge in [0.05, 0.1) is 12.0 Å². The van der Waals surface area contributed by atoms with Crippen LogP contribution >= 0.6 is 0 Å². The van der Waals surface area contributed by atoms with E-state index in [9.17, 15) is 4.79 Å². The predicted octanol–water partition coefficient (Wildman–Crippen LogP) is 2.29. The summed E-state index contributed by atoms with van der Waals surface area (Å²) in [5, 5.41) is 18.1. The van der Waals surface area contributed by atoms with Crippen LogP contribution in [-0.2, 0) is 11.4 Å². The Bertz CT molecular complexity index is 426. The maximum atomic E-state index is 11.0. The third kappa shape index (κ3) is 3.23. The van der Waals surface area contributed by atoms with Crippen LogP contribution in [0.1, 0.15) is 30.5 Å². The lowest BCUT2D eigenvalue weighted by Gasteiger charge is -2.21. The van der Waals surface area contributed by atoms with Crippen molar-refractivity contribution in [3.8, 4) is 5.75 Å². The quantitative estimate of drug-likeness (QED) is 0.843. The maximum absolute atomic E-state index is 11.0. The molecule has 0 aliphatic carbocycles. The Morgan fingerprint density at radius 3 is 2.17 bits per heavy atom. The number of aliphatic hydroxyl groups excluding tert-OH is 1. The Morgan fingerprint density at radius 2 is 1.78 bits per heavy atom. The minimum absolute atomic E-state index is 0.0113. The number of rotatable bonds is 5. The first-order valence-electron chi connectivity index (χ1n) is 5.85. The number of aliphatic carboxylic acids is 1. The van der Waals surface area contributed by atoms with E-state index < -0.39 is 11.4 Å². The molecule has 0 fully saturated rings. The Balaban J connectivity index is 2.89. The molecule has 4 heteroatoms. The van der Waals surface area contributed by atoms with Gasteiger partial charge in [0.2, 0.25) is 0 Å². The fourth-order valence-electron chi connectivity index (χ4n) is 1.67. The second kappa shape index (κ2) is 5.40. The van der Waals surface area contributed by atoms with Gasteiger partial charge < -0.3 is 14.9 Å². The van der Waals surface area contributed by atoms with E-state index in [4.69, 9.17) is 14.9 Å². The van der Waals surface area contributed by atoms with E-state index in [1.54, 1.807) is 13.8 Å². The molecule has 18 heavy (non-hydrogen) atoms. The summed E-state index contributed by atoms with van der Waals surface area (Å²) in [5.74, 6) is -0.189. The minimum atomic E-state index is -0.922. The molecule has 1 aromatic rings. The summed E-state index contributed by atoms with van der Waals surface area (Å²) in [7, 11) is 0. The fraction of sp³-hybridized carbons (Fsp3) is 0.500. The second-order valence-corrected chi connectivity index (χ2v) is 5.19. The molecule has 1 aromatic carbocycles. The average Bonchev–Trinajstić information content (AvgIpc) is 2.27. The lowest BCUT2D eigenvalue weighted by Crippen LogP contribution is -2.31. The molecule has 0 aliphatic heterocycles. The molecule has 0 saturated heterocycles. The predicted molar refractivity (Wildman–Crippen MR) is 68.8 cm³/mol. The average molecular weight is 252 g/mol. The molecule has 0 aromatic heterocycles. The molecule has 0 unspecified atom stereocenters. The van der Waals surface area contributed by atoms with E-state index in [-0.39, 0.29) is 13.2 Å². The zero-order valence-electron chi connectivity index (χ0n) is 11.3. The van der Waals surface area contributed by atoms with Crippen molar-refractivity contribution in [3.05, 3.63) is 28.8 Å². The molecule has 2 N–H and O–H groups in total. The molecule has 0 spiro atoms. The van der Waals surface area contributed by atoms with Crippen molar-refractivity contribution in [3.63, 3.8) is 0 Å². The van der Waals surface area contributed by atoms with Crippen molar-refractivity contribution in [2.75, 3.05) is 6.61 Å². The molecule has 0 radical (unpaired) electrons. The molecule has 0 atom stereocenters. The third-order valence-electron chi connectivity index (χ3n) is 2.86. The van der Waals surface area contributed by atoms with Gasteiger partial charge in [0, 0.05) is 0 Å². The molecule has 0 heterocycles. The Morgan fingerprint density at radius 1 is 1.28 bits per heavy atom. The molecule has 0 bridgehead atoms. The van der Waals surface area contributed by atoms with Crippen LogP contribution < -0.4 is 4.74 Å². The summed E-state index contributed by atoms with van der Waals surface area (Å²) in [6.07, 6.45) is 0. The van der Waals surface area contributed by atoms with E-state index in [0.29, 0.717) is 5.75 Å². The summed E-state index contributed by atoms with van der Waals surface area (Å²) in [6, 6.07) is 3.69. The zero-order chi connectivity index (χ0) is 13.9. The van der Waals surface area contributed by atoms with Crippen LogP contribution in [0.3, 0.4) is 0 Å². The second-order valence-electron chi connectivity index (χ2n) is 5.19. The number of hydrogen-bond donors (Lipinski definition) is 2. The van der Waals surface area contributed by atoms with Crippen molar-refractivity contribution in [1.82, 2.24) is 0 Å². The number of benzene rings is 1. The smallest absolute Gasteiger partial charge is 0.312 e. The number of carbonyl (C=O) groups is 1. The summed E-state index contributed by atoms with van der Waals surface area (Å²) in [5.41, 5.74) is 1.71. The van der Waals surface area contributed by atoms with Crippen molar-refractivity contribution in [2.24, 2.45) is 5.41 Å². The lowest BCUT2D eigenvalue weighted by atomic mass is 9.95. The topological polar surface area (TPSA) is 66.8 Å². The Kier molecular flexibility index (Phi) is 4.35. The van der Waals surface area contributed by atoms with Crippen LogP contribution in [0.2, 0.25) is 0 Å². The molecule has 4 nitrogen and oxygen atoms in total. The van der Waals surface area contributed by atoms with Gasteiger partial charge in [-0.3, -0.25) is 4.79 Å². The summed E-state index contributed by atoms with van der Waals surface area (Å²) >= 11 is 0. The highest BCUT2D eigenvalue weighted by molar-refractivity contribution is 5.73. The number of carboxylic acid groups (broad SMARTS) is 1. The standard InChI is InChI=1S/C14H20O4/c1-9-5-11(7-15)6-10(2)12(9)18-8-14(3,4)13(16)17/h5-6,15H,7-8H2,1-4H3,(H,16,17). The number of ether oxygens (including phenoxy) is 1. The van der Waals surface area contributed by atoms with Gasteiger partial charge in [-0.25, -0.2) is 0 Å². The highest BCUT2D eigenvalue weighted by Crippen LogP contribution is 2.27. The van der Waals surface area contributed by atoms with Gasteiger partial charge in [0.25, 0.3) is 0 Å². The van der Waals surface area contributed by atoms with Gasteiger partial charge in [-0.05, 0) is 44.4 Å². The largest absolute Gasteiger partial charge is 0.492 e. The normalized spacial score (nSPS) is 11.4. The van der Waals surface area contributed by atoms with Crippen molar-refractivity contribution in [2.45, 2.75) is 34.3 Å². The number of hydrogen-bond acceptors (Lipinski definition) is 3. The van der Waals surface area contributed by atoms with Crippen LogP contribution in [0.15, 0.2) is 12.1 Å². The molecular weight excluding hydrogens is 232 g/mol. The van der Waals surface area contributed by atoms with E-state index in [1.165, 1.54) is 0 Å². The van der Waals surface area contributed by atoms with Gasteiger partial charge in [-0.15, -0.1) is 0 Å². The molecule has 0 aliphatic rings. The highest BCUT2D eigenvalue weighted by atomic mass is 16.5. The molecular formula is C14H20O4. The van der Waals surface area contributed by atoms with Crippen LogP contribution in [0, 0.1) is 19.3 Å². The van der Waals surface area contributed by atoms with E-state index >= 15 is 0 Å². The van der Waals surface area contributed by atoms with E-state index in [0.717, 1.165) is 16.7 Å². The summed E-state index contributed by atoms with van der Waals surface area (Å²) in [4.78, 5) is 11.0. The lowest BCUT2D eigenvalue weighted by molar-refractivity contribution is -0.148. The van der Waals surface area contributed by atoms with Crippen molar-refractivity contribution in [1.29, 1.82) is 0 Å². The molecule has 0 amide bonds. The molecule has 100 valence electrons. The van der Waals surface area contributed by atoms with E-state index in [1.807, 2.05) is 26.0 Å². The van der Waals surface area contributed by atoms with Gasteiger partial charge in [-0.1, -0.05) is 12.1 Å². The first-order valence-corrected chi connectivity index (χ1v) is 5.85. The number of aliphatic hydroxyl groups is 1. The first kappa shape index (κ1) is 14.5. The number of aryl methyl sites for hydroxylation is 2. The fourth-order valence-corrected chi connectivity index (χ4v) is 1.67. The van der Waals surface area contributed by atoms with Gasteiger partial charge in [0.1, 0.15) is 12.4 Å². The molecule has 0 saturated carbocycles. The third-order valence-corrected chi connectivity index (χ3v) is 2.86. The van der Waals surface area contributed by atoms with Crippen molar-refractivity contribution >= 4 is 5.97 Å².